The fourth-order valence-electron chi connectivity index (χ4n) is 2.84. The van der Waals surface area contributed by atoms with Gasteiger partial charge in [-0.3, -0.25) is 4.90 Å². The minimum Gasteiger partial charge on any atom is -0.410 e. The Hall–Kier alpha value is -1.15. The van der Waals surface area contributed by atoms with Crippen LogP contribution in [0.15, 0.2) is 22.7 Å². The second kappa shape index (κ2) is 9.69. The van der Waals surface area contributed by atoms with Crippen LogP contribution >= 0.6 is 15.9 Å². The molecule has 0 spiro atoms. The Kier molecular flexibility index (Phi) is 7.88. The molecule has 146 valence electrons. The summed E-state index contributed by atoms with van der Waals surface area (Å²) < 4.78 is 6.54. The van der Waals surface area contributed by atoms with Gasteiger partial charge in [0, 0.05) is 36.1 Å². The van der Waals surface area contributed by atoms with Crippen LogP contribution in [0.5, 0.6) is 5.75 Å². The van der Waals surface area contributed by atoms with E-state index in [1.54, 1.807) is 11.0 Å². The molecule has 2 rings (SSSR count). The fourth-order valence-corrected chi connectivity index (χ4v) is 3.37. The summed E-state index contributed by atoms with van der Waals surface area (Å²) in [7, 11) is 0. The predicted octanol–water partition coefficient (Wildman–Crippen LogP) is 2.51. The van der Waals surface area contributed by atoms with Crippen molar-refractivity contribution >= 4 is 22.0 Å². The Morgan fingerprint density at radius 2 is 1.88 bits per heavy atom. The van der Waals surface area contributed by atoms with Gasteiger partial charge in [-0.15, -0.1) is 0 Å². The maximum atomic E-state index is 12.4. The molecule has 0 atom stereocenters. The summed E-state index contributed by atoms with van der Waals surface area (Å²) in [4.78, 5) is 16.4. The molecule has 1 aliphatic heterocycles. The van der Waals surface area contributed by atoms with Crippen LogP contribution < -0.4 is 4.74 Å². The van der Waals surface area contributed by atoms with Gasteiger partial charge in [-0.2, -0.15) is 0 Å². The number of hydrogen-bond acceptors (Lipinski definition) is 5. The maximum Gasteiger partial charge on any atom is 0.415 e. The lowest BCUT2D eigenvalue weighted by molar-refractivity contribution is 0.0454. The summed E-state index contributed by atoms with van der Waals surface area (Å²) in [6.07, 6.45) is 1.28. The number of aliphatic hydroxyl groups is 2. The van der Waals surface area contributed by atoms with Crippen LogP contribution in [0.3, 0.4) is 0 Å². The van der Waals surface area contributed by atoms with Crippen molar-refractivity contribution in [2.45, 2.75) is 26.7 Å². The topological polar surface area (TPSA) is 73.2 Å². The average Bonchev–Trinajstić information content (AvgIpc) is 2.68. The standard InChI is InChI=1S/C19H29BrN2O4/c1-3-15-12-16(4-5-17(15)20)26-18(25)22-10-8-21(9-11-22)7-6-19(2,13-23)14-24/h4-5,12,23-24H,3,6-11,13-14H2,1-2H3. The van der Waals surface area contributed by atoms with Crippen molar-refractivity contribution in [3.8, 4) is 5.75 Å². The normalized spacial score (nSPS) is 16.0. The zero-order valence-electron chi connectivity index (χ0n) is 15.6. The molecule has 1 saturated heterocycles. The van der Waals surface area contributed by atoms with E-state index in [0.717, 1.165) is 42.5 Å². The SMILES string of the molecule is CCc1cc(OC(=O)N2CCN(CCC(C)(CO)CO)CC2)ccc1Br. The number of halogens is 1. The van der Waals surface area contributed by atoms with Gasteiger partial charge >= 0.3 is 6.09 Å². The average molecular weight is 429 g/mol. The summed E-state index contributed by atoms with van der Waals surface area (Å²) in [5.41, 5.74) is 0.658. The van der Waals surface area contributed by atoms with Crippen LogP contribution in [-0.2, 0) is 6.42 Å². The number of ether oxygens (including phenoxy) is 1. The maximum absolute atomic E-state index is 12.4. The molecule has 0 saturated carbocycles. The first-order chi connectivity index (χ1) is 12.4. The Morgan fingerprint density at radius 3 is 2.46 bits per heavy atom. The van der Waals surface area contributed by atoms with Crippen molar-refractivity contribution in [3.63, 3.8) is 0 Å². The Labute approximate surface area is 163 Å². The first-order valence-electron chi connectivity index (χ1n) is 9.10. The predicted molar refractivity (Wildman–Crippen MR) is 104 cm³/mol. The lowest BCUT2D eigenvalue weighted by atomic mass is 9.88. The van der Waals surface area contributed by atoms with E-state index < -0.39 is 5.41 Å². The summed E-state index contributed by atoms with van der Waals surface area (Å²) in [6, 6.07) is 5.59. The number of aliphatic hydroxyl groups excluding tert-OH is 2. The van der Waals surface area contributed by atoms with Crippen LogP contribution in [0.2, 0.25) is 0 Å². The second-order valence-corrected chi connectivity index (χ2v) is 8.03. The van der Waals surface area contributed by atoms with Gasteiger partial charge in [0.1, 0.15) is 5.75 Å². The van der Waals surface area contributed by atoms with Crippen LogP contribution in [-0.4, -0.2) is 72.0 Å². The molecule has 0 radical (unpaired) electrons. The van der Waals surface area contributed by atoms with Gasteiger partial charge in [0.15, 0.2) is 0 Å². The number of nitrogens with zero attached hydrogens (tertiary/aromatic N) is 2. The number of carbonyl (C=O) groups excluding carboxylic acids is 1. The quantitative estimate of drug-likeness (QED) is 0.697. The minimum atomic E-state index is -0.450. The zero-order chi connectivity index (χ0) is 19.2. The third-order valence-corrected chi connectivity index (χ3v) is 5.80. The Morgan fingerprint density at radius 1 is 1.23 bits per heavy atom. The molecule has 0 aliphatic carbocycles. The van der Waals surface area contributed by atoms with Crippen LogP contribution in [0.1, 0.15) is 25.8 Å². The van der Waals surface area contributed by atoms with Crippen LogP contribution in [0.4, 0.5) is 4.79 Å². The van der Waals surface area contributed by atoms with Crippen molar-refractivity contribution in [3.05, 3.63) is 28.2 Å². The summed E-state index contributed by atoms with van der Waals surface area (Å²) in [6.45, 7) is 7.45. The van der Waals surface area contributed by atoms with Crippen molar-refractivity contribution < 1.29 is 19.7 Å². The van der Waals surface area contributed by atoms with E-state index in [1.165, 1.54) is 0 Å². The number of aryl methyl sites for hydroxylation is 1. The molecular formula is C19H29BrN2O4. The molecule has 1 heterocycles. The van der Waals surface area contributed by atoms with E-state index in [2.05, 4.69) is 27.8 Å². The highest BCUT2D eigenvalue weighted by Gasteiger charge is 2.26. The fraction of sp³-hybridized carbons (Fsp3) is 0.632. The molecule has 1 aromatic carbocycles. The van der Waals surface area contributed by atoms with Crippen molar-refractivity contribution in [1.82, 2.24) is 9.80 Å². The first kappa shape index (κ1) is 21.2. The van der Waals surface area contributed by atoms with E-state index >= 15 is 0 Å². The molecule has 1 amide bonds. The van der Waals surface area contributed by atoms with E-state index in [1.807, 2.05) is 19.1 Å². The molecule has 7 heteroatoms. The molecule has 26 heavy (non-hydrogen) atoms. The highest BCUT2D eigenvalue weighted by molar-refractivity contribution is 9.10. The minimum absolute atomic E-state index is 0.0251. The second-order valence-electron chi connectivity index (χ2n) is 7.18. The Bertz CT molecular complexity index is 599. The molecule has 1 fully saturated rings. The number of carbonyl (C=O) groups is 1. The van der Waals surface area contributed by atoms with Gasteiger partial charge < -0.3 is 19.8 Å². The summed E-state index contributed by atoms with van der Waals surface area (Å²) in [5.74, 6) is 0.569. The van der Waals surface area contributed by atoms with Crippen LogP contribution in [0.25, 0.3) is 0 Å². The monoisotopic (exact) mass is 428 g/mol. The highest BCUT2D eigenvalue weighted by Crippen LogP contribution is 2.24. The van der Waals surface area contributed by atoms with Crippen molar-refractivity contribution in [2.75, 3.05) is 45.9 Å². The van der Waals surface area contributed by atoms with Gasteiger partial charge in [-0.1, -0.05) is 29.8 Å². The number of hydrogen-bond donors (Lipinski definition) is 2. The number of rotatable bonds is 7. The van der Waals surface area contributed by atoms with E-state index in [4.69, 9.17) is 4.74 Å². The lowest BCUT2D eigenvalue weighted by Gasteiger charge is -2.36. The lowest BCUT2D eigenvalue weighted by Crippen LogP contribution is -2.50. The Balaban J connectivity index is 1.81. The number of amides is 1. The zero-order valence-corrected chi connectivity index (χ0v) is 17.2. The third-order valence-electron chi connectivity index (χ3n) is 5.03. The molecular weight excluding hydrogens is 400 g/mol. The van der Waals surface area contributed by atoms with E-state index in [0.29, 0.717) is 18.8 Å². The molecule has 0 bridgehead atoms. The van der Waals surface area contributed by atoms with Gasteiger partial charge in [-0.05, 0) is 43.1 Å². The smallest absolute Gasteiger partial charge is 0.410 e. The van der Waals surface area contributed by atoms with Crippen molar-refractivity contribution in [2.24, 2.45) is 5.41 Å². The van der Waals surface area contributed by atoms with Gasteiger partial charge in [0.25, 0.3) is 0 Å². The molecule has 1 aromatic rings. The first-order valence-corrected chi connectivity index (χ1v) is 9.89. The summed E-state index contributed by atoms with van der Waals surface area (Å²) in [5, 5.41) is 18.7. The molecule has 0 aromatic heterocycles. The van der Waals surface area contributed by atoms with Crippen LogP contribution in [0, 0.1) is 5.41 Å². The van der Waals surface area contributed by atoms with Gasteiger partial charge in [-0.25, -0.2) is 4.79 Å². The molecule has 0 unspecified atom stereocenters. The number of benzene rings is 1. The largest absolute Gasteiger partial charge is 0.415 e. The van der Waals surface area contributed by atoms with Gasteiger partial charge in [0.05, 0.1) is 13.2 Å². The van der Waals surface area contributed by atoms with Crippen molar-refractivity contribution in [1.29, 1.82) is 0 Å². The van der Waals surface area contributed by atoms with Gasteiger partial charge in [0.2, 0.25) is 0 Å². The molecule has 1 aliphatic rings. The molecule has 6 nitrogen and oxygen atoms in total. The third kappa shape index (κ3) is 5.67. The van der Waals surface area contributed by atoms with E-state index in [-0.39, 0.29) is 19.3 Å². The number of piperazine rings is 1. The highest BCUT2D eigenvalue weighted by atomic mass is 79.9. The molecule has 2 N–H and O–H groups in total. The van der Waals surface area contributed by atoms with E-state index in [9.17, 15) is 15.0 Å². The summed E-state index contributed by atoms with van der Waals surface area (Å²) >= 11 is 3.49.